The fraction of sp³-hybridized carbons (Fsp3) is 0.500. The summed E-state index contributed by atoms with van der Waals surface area (Å²) in [6.07, 6.45) is 2.35. The minimum absolute atomic E-state index is 0.0707. The van der Waals surface area contributed by atoms with E-state index in [1.807, 2.05) is 0 Å². The first-order valence-electron chi connectivity index (χ1n) is 7.40. The van der Waals surface area contributed by atoms with E-state index < -0.39 is 11.9 Å². The van der Waals surface area contributed by atoms with Crippen molar-refractivity contribution in [2.24, 2.45) is 17.8 Å². The molecule has 1 saturated carbocycles. The SMILES string of the molecule is O=C(O)[C@H]1CN(C(=O)Cc2ccc(Cl)cc2Cl)C[C@@H]1C1CC1. The van der Waals surface area contributed by atoms with E-state index in [1.165, 1.54) is 0 Å². The third kappa shape index (κ3) is 3.23. The summed E-state index contributed by atoms with van der Waals surface area (Å²) in [5.74, 6) is -0.729. The van der Waals surface area contributed by atoms with Crippen LogP contribution in [0, 0.1) is 17.8 Å². The Morgan fingerprint density at radius 1 is 1.23 bits per heavy atom. The van der Waals surface area contributed by atoms with Crippen LogP contribution in [0.15, 0.2) is 18.2 Å². The molecule has 22 heavy (non-hydrogen) atoms. The van der Waals surface area contributed by atoms with E-state index >= 15 is 0 Å². The second-order valence-electron chi connectivity index (χ2n) is 6.16. The number of carbonyl (C=O) groups is 2. The molecule has 1 aromatic carbocycles. The number of likely N-dealkylation sites (tertiary alicyclic amines) is 1. The van der Waals surface area contributed by atoms with Crippen molar-refractivity contribution in [1.29, 1.82) is 0 Å². The van der Waals surface area contributed by atoms with Crippen LogP contribution in [0.5, 0.6) is 0 Å². The van der Waals surface area contributed by atoms with Crippen molar-refractivity contribution in [3.63, 3.8) is 0 Å². The lowest BCUT2D eigenvalue weighted by molar-refractivity contribution is -0.142. The second kappa shape index (κ2) is 6.09. The molecule has 3 rings (SSSR count). The van der Waals surface area contributed by atoms with Crippen LogP contribution in [0.3, 0.4) is 0 Å². The maximum atomic E-state index is 12.4. The van der Waals surface area contributed by atoms with Crippen LogP contribution in [0.1, 0.15) is 18.4 Å². The lowest BCUT2D eigenvalue weighted by Gasteiger charge is -2.16. The van der Waals surface area contributed by atoms with E-state index in [9.17, 15) is 14.7 Å². The molecule has 2 aliphatic rings. The van der Waals surface area contributed by atoms with Crippen LogP contribution in [0.2, 0.25) is 10.0 Å². The lowest BCUT2D eigenvalue weighted by Crippen LogP contribution is -2.31. The first-order valence-corrected chi connectivity index (χ1v) is 8.16. The van der Waals surface area contributed by atoms with Crippen LogP contribution in [-0.4, -0.2) is 35.0 Å². The van der Waals surface area contributed by atoms with Gasteiger partial charge in [0.1, 0.15) is 0 Å². The largest absolute Gasteiger partial charge is 0.481 e. The number of aliphatic carboxylic acids is 1. The number of hydrogen-bond donors (Lipinski definition) is 1. The minimum Gasteiger partial charge on any atom is -0.481 e. The number of carboxylic acid groups (broad SMARTS) is 1. The van der Waals surface area contributed by atoms with Gasteiger partial charge in [-0.1, -0.05) is 29.3 Å². The highest BCUT2D eigenvalue weighted by Gasteiger charge is 2.46. The molecule has 0 bridgehead atoms. The predicted molar refractivity (Wildman–Crippen MR) is 84.1 cm³/mol. The Bertz CT molecular complexity index is 615. The standard InChI is InChI=1S/C16H17Cl2NO3/c17-11-4-3-10(14(18)6-11)5-15(20)19-7-12(9-1-2-9)13(8-19)16(21)22/h3-4,6,9,12-13H,1-2,5,7-8H2,(H,21,22)/t12-,13+/m1/s1. The van der Waals surface area contributed by atoms with Crippen molar-refractivity contribution >= 4 is 35.1 Å². The molecule has 2 atom stereocenters. The molecule has 1 N–H and O–H groups in total. The molecule has 0 aromatic heterocycles. The summed E-state index contributed by atoms with van der Waals surface area (Å²) in [7, 11) is 0. The Balaban J connectivity index is 1.69. The van der Waals surface area contributed by atoms with Gasteiger partial charge in [0.15, 0.2) is 0 Å². The van der Waals surface area contributed by atoms with Gasteiger partial charge >= 0.3 is 5.97 Å². The number of benzene rings is 1. The molecule has 1 heterocycles. The van der Waals surface area contributed by atoms with Crippen LogP contribution in [-0.2, 0) is 16.0 Å². The van der Waals surface area contributed by atoms with Gasteiger partial charge in [0.05, 0.1) is 12.3 Å². The fourth-order valence-electron chi connectivity index (χ4n) is 3.24. The molecule has 1 aromatic rings. The molecule has 0 radical (unpaired) electrons. The zero-order valence-corrected chi connectivity index (χ0v) is 13.5. The lowest BCUT2D eigenvalue weighted by atomic mass is 9.92. The number of carbonyl (C=O) groups excluding carboxylic acids is 1. The molecule has 6 heteroatoms. The van der Waals surface area contributed by atoms with E-state index in [2.05, 4.69) is 0 Å². The summed E-state index contributed by atoms with van der Waals surface area (Å²) in [5, 5.41) is 10.3. The topological polar surface area (TPSA) is 57.6 Å². The van der Waals surface area contributed by atoms with Gasteiger partial charge in [-0.05, 0) is 42.4 Å². The van der Waals surface area contributed by atoms with Gasteiger partial charge in [0.2, 0.25) is 5.91 Å². The van der Waals surface area contributed by atoms with E-state index in [0.29, 0.717) is 29.1 Å². The Hall–Kier alpha value is -1.26. The van der Waals surface area contributed by atoms with Crippen molar-refractivity contribution in [3.8, 4) is 0 Å². The van der Waals surface area contributed by atoms with Gasteiger partial charge in [-0.2, -0.15) is 0 Å². The second-order valence-corrected chi connectivity index (χ2v) is 7.00. The summed E-state index contributed by atoms with van der Waals surface area (Å²) < 4.78 is 0. The minimum atomic E-state index is -0.795. The predicted octanol–water partition coefficient (Wildman–Crippen LogP) is 3.11. The highest BCUT2D eigenvalue weighted by atomic mass is 35.5. The third-order valence-electron chi connectivity index (χ3n) is 4.62. The average Bonchev–Trinajstić information content (AvgIpc) is 3.20. The molecule has 4 nitrogen and oxygen atoms in total. The number of rotatable bonds is 4. The Kier molecular flexibility index (Phi) is 4.33. The first kappa shape index (κ1) is 15.6. The van der Waals surface area contributed by atoms with Gasteiger partial charge in [-0.25, -0.2) is 0 Å². The molecule has 0 unspecified atom stereocenters. The monoisotopic (exact) mass is 341 g/mol. The summed E-state index contributed by atoms with van der Waals surface area (Å²) in [6.45, 7) is 0.853. The fourth-order valence-corrected chi connectivity index (χ4v) is 3.71. The van der Waals surface area contributed by atoms with E-state index in [1.54, 1.807) is 23.1 Å². The molecule has 0 spiro atoms. The van der Waals surface area contributed by atoms with Gasteiger partial charge < -0.3 is 10.0 Å². The first-order chi connectivity index (χ1) is 10.5. The molecule has 118 valence electrons. The van der Waals surface area contributed by atoms with Crippen LogP contribution in [0.25, 0.3) is 0 Å². The van der Waals surface area contributed by atoms with Crippen LogP contribution >= 0.6 is 23.2 Å². The van der Waals surface area contributed by atoms with Crippen LogP contribution < -0.4 is 0 Å². The summed E-state index contributed by atoms with van der Waals surface area (Å²) in [5.41, 5.74) is 0.720. The average molecular weight is 342 g/mol. The van der Waals surface area contributed by atoms with Gasteiger partial charge in [0, 0.05) is 23.1 Å². The Morgan fingerprint density at radius 2 is 1.95 bits per heavy atom. The number of nitrogens with zero attached hydrogens (tertiary/aromatic N) is 1. The highest BCUT2D eigenvalue weighted by molar-refractivity contribution is 6.35. The molecule has 1 aliphatic heterocycles. The van der Waals surface area contributed by atoms with Gasteiger partial charge in [0.25, 0.3) is 0 Å². The van der Waals surface area contributed by atoms with Crippen LogP contribution in [0.4, 0.5) is 0 Å². The zero-order chi connectivity index (χ0) is 15.9. The molecule has 1 saturated heterocycles. The summed E-state index contributed by atoms with van der Waals surface area (Å²) in [4.78, 5) is 25.5. The number of halogens is 2. The third-order valence-corrected chi connectivity index (χ3v) is 5.21. The quantitative estimate of drug-likeness (QED) is 0.915. The maximum Gasteiger partial charge on any atom is 0.308 e. The van der Waals surface area contributed by atoms with E-state index in [0.717, 1.165) is 18.4 Å². The summed E-state index contributed by atoms with van der Waals surface area (Å²) in [6, 6.07) is 5.06. The number of hydrogen-bond acceptors (Lipinski definition) is 2. The van der Waals surface area contributed by atoms with Crippen molar-refractivity contribution in [2.45, 2.75) is 19.3 Å². The smallest absolute Gasteiger partial charge is 0.308 e. The Labute approximate surface area is 139 Å². The highest BCUT2D eigenvalue weighted by Crippen LogP contribution is 2.44. The zero-order valence-electron chi connectivity index (χ0n) is 12.0. The van der Waals surface area contributed by atoms with Crippen molar-refractivity contribution < 1.29 is 14.7 Å². The molecular weight excluding hydrogens is 325 g/mol. The van der Waals surface area contributed by atoms with Crippen molar-refractivity contribution in [1.82, 2.24) is 4.90 Å². The van der Waals surface area contributed by atoms with Gasteiger partial charge in [-0.15, -0.1) is 0 Å². The summed E-state index contributed by atoms with van der Waals surface area (Å²) >= 11 is 11.9. The normalized spacial score (nSPS) is 24.5. The van der Waals surface area contributed by atoms with Crippen molar-refractivity contribution in [2.75, 3.05) is 13.1 Å². The number of amides is 1. The van der Waals surface area contributed by atoms with Crippen molar-refractivity contribution in [3.05, 3.63) is 33.8 Å². The van der Waals surface area contributed by atoms with Gasteiger partial charge in [-0.3, -0.25) is 9.59 Å². The molecule has 2 fully saturated rings. The van der Waals surface area contributed by atoms with E-state index in [4.69, 9.17) is 23.2 Å². The maximum absolute atomic E-state index is 12.4. The molecule has 1 amide bonds. The molecule has 1 aliphatic carbocycles. The molecular formula is C16H17Cl2NO3. The number of carboxylic acids is 1. The Morgan fingerprint density at radius 3 is 2.55 bits per heavy atom. The van der Waals surface area contributed by atoms with E-state index in [-0.39, 0.29) is 18.2 Å².